The molecule has 2 rings (SSSR count). The minimum atomic E-state index is -0.704. The fourth-order valence-corrected chi connectivity index (χ4v) is 2.24. The second-order valence-electron chi connectivity index (χ2n) is 5.66. The number of H-pyrrole nitrogens is 1. The monoisotopic (exact) mass is 312 g/mol. The second-order valence-corrected chi connectivity index (χ2v) is 5.66. The van der Waals surface area contributed by atoms with Crippen LogP contribution in [-0.4, -0.2) is 39.4 Å². The van der Waals surface area contributed by atoms with Gasteiger partial charge in [-0.25, -0.2) is 4.79 Å². The molecule has 8 nitrogen and oxygen atoms in total. The van der Waals surface area contributed by atoms with Crippen LogP contribution in [0, 0.1) is 12.8 Å². The zero-order chi connectivity index (χ0) is 16.4. The molecule has 1 aromatic rings. The molecule has 0 spiro atoms. The largest absolute Gasteiger partial charge is 0.459 e. The number of aromatic amines is 1. The van der Waals surface area contributed by atoms with Crippen LogP contribution < -0.4 is 11.2 Å². The van der Waals surface area contributed by atoms with E-state index < -0.39 is 35.7 Å². The summed E-state index contributed by atoms with van der Waals surface area (Å²) in [5.41, 5.74) is -0.694. The number of aliphatic hydroxyl groups excluding tert-OH is 1. The van der Waals surface area contributed by atoms with Gasteiger partial charge >= 0.3 is 11.7 Å². The average molecular weight is 312 g/mol. The number of aliphatic hydroxyl groups is 1. The Balaban J connectivity index is 2.22. The smallest absolute Gasteiger partial charge is 0.330 e. The molecule has 22 heavy (non-hydrogen) atoms. The molecule has 0 saturated carbocycles. The van der Waals surface area contributed by atoms with E-state index in [4.69, 9.17) is 9.47 Å². The predicted octanol–water partition coefficient (Wildman–Crippen LogP) is -0.307. The number of nitrogens with zero attached hydrogens (tertiary/aromatic N) is 1. The molecule has 1 saturated heterocycles. The van der Waals surface area contributed by atoms with Crippen LogP contribution in [0.15, 0.2) is 15.8 Å². The van der Waals surface area contributed by atoms with Crippen LogP contribution in [0.2, 0.25) is 0 Å². The van der Waals surface area contributed by atoms with Gasteiger partial charge in [-0.15, -0.1) is 0 Å². The summed E-state index contributed by atoms with van der Waals surface area (Å²) in [5.74, 6) is -0.686. The summed E-state index contributed by atoms with van der Waals surface area (Å²) in [5, 5.41) is 9.36. The SMILES string of the molecule is Cc1cn([C@H]2CC(OC(=O)C(C)C)[C@@H](CO)O2)c(=O)[nH]c1=O. The highest BCUT2D eigenvalue weighted by Crippen LogP contribution is 2.30. The standard InChI is InChI=1S/C14H20N2O6/c1-7(2)13(19)22-9-4-11(21-10(9)6-17)16-5-8(3)12(18)15-14(16)20/h5,7,9-11,17H,4,6H2,1-3H3,(H,15,18,20)/t9?,10-,11-/m1/s1. The third-order valence-corrected chi connectivity index (χ3v) is 3.56. The summed E-state index contributed by atoms with van der Waals surface area (Å²) >= 11 is 0. The van der Waals surface area contributed by atoms with E-state index in [0.29, 0.717) is 5.56 Å². The Morgan fingerprint density at radius 2 is 2.23 bits per heavy atom. The first-order valence-corrected chi connectivity index (χ1v) is 7.12. The summed E-state index contributed by atoms with van der Waals surface area (Å²) in [6.07, 6.45) is -0.414. The van der Waals surface area contributed by atoms with E-state index in [9.17, 15) is 19.5 Å². The third-order valence-electron chi connectivity index (χ3n) is 3.56. The third kappa shape index (κ3) is 3.28. The van der Waals surface area contributed by atoms with Crippen molar-refractivity contribution in [3.8, 4) is 0 Å². The number of carbonyl (C=O) groups is 1. The normalized spacial score (nSPS) is 24.7. The van der Waals surface area contributed by atoms with Gasteiger partial charge in [0.25, 0.3) is 5.56 Å². The summed E-state index contributed by atoms with van der Waals surface area (Å²) in [4.78, 5) is 37.1. The maximum absolute atomic E-state index is 11.9. The molecule has 1 fully saturated rings. The number of hydrogen-bond donors (Lipinski definition) is 2. The first-order chi connectivity index (χ1) is 10.3. The number of carbonyl (C=O) groups excluding carboxylic acids is 1. The zero-order valence-electron chi connectivity index (χ0n) is 12.7. The first kappa shape index (κ1) is 16.4. The van der Waals surface area contributed by atoms with Crippen LogP contribution in [0.4, 0.5) is 0 Å². The fourth-order valence-electron chi connectivity index (χ4n) is 2.24. The molecule has 0 radical (unpaired) electrons. The van der Waals surface area contributed by atoms with Crippen molar-refractivity contribution in [1.29, 1.82) is 0 Å². The molecule has 1 unspecified atom stereocenters. The molecule has 3 atom stereocenters. The maximum Gasteiger partial charge on any atom is 0.330 e. The lowest BCUT2D eigenvalue weighted by molar-refractivity contribution is -0.156. The van der Waals surface area contributed by atoms with Crippen molar-refractivity contribution in [2.45, 2.75) is 45.6 Å². The molecule has 2 N–H and O–H groups in total. The summed E-state index contributed by atoms with van der Waals surface area (Å²) in [6, 6.07) is 0. The Kier molecular flexibility index (Phi) is 4.82. The summed E-state index contributed by atoms with van der Waals surface area (Å²) in [6.45, 7) is 4.66. The van der Waals surface area contributed by atoms with Gasteiger partial charge < -0.3 is 14.6 Å². The summed E-state index contributed by atoms with van der Waals surface area (Å²) < 4.78 is 12.1. The zero-order valence-corrected chi connectivity index (χ0v) is 12.7. The van der Waals surface area contributed by atoms with Crippen molar-refractivity contribution in [2.24, 2.45) is 5.92 Å². The molecule has 1 aliphatic rings. The van der Waals surface area contributed by atoms with E-state index in [1.165, 1.54) is 10.8 Å². The number of aryl methyl sites for hydroxylation is 1. The molecule has 8 heteroatoms. The van der Waals surface area contributed by atoms with Gasteiger partial charge in [0.2, 0.25) is 0 Å². The lowest BCUT2D eigenvalue weighted by Crippen LogP contribution is -2.33. The van der Waals surface area contributed by atoms with Gasteiger partial charge in [-0.1, -0.05) is 13.8 Å². The molecular weight excluding hydrogens is 292 g/mol. The number of hydrogen-bond acceptors (Lipinski definition) is 6. The van der Waals surface area contributed by atoms with Crippen LogP contribution in [0.5, 0.6) is 0 Å². The number of nitrogens with one attached hydrogen (secondary N) is 1. The molecule has 0 bridgehead atoms. The van der Waals surface area contributed by atoms with E-state index in [2.05, 4.69) is 4.98 Å². The van der Waals surface area contributed by atoms with Crippen LogP contribution in [-0.2, 0) is 14.3 Å². The summed E-state index contributed by atoms with van der Waals surface area (Å²) in [7, 11) is 0. The van der Waals surface area contributed by atoms with Crippen molar-refractivity contribution in [3.05, 3.63) is 32.6 Å². The Hall–Kier alpha value is -1.93. The van der Waals surface area contributed by atoms with Gasteiger partial charge in [-0.05, 0) is 6.92 Å². The van der Waals surface area contributed by atoms with E-state index in [0.717, 1.165) is 0 Å². The number of esters is 1. The van der Waals surface area contributed by atoms with E-state index in [-0.39, 0.29) is 18.9 Å². The highest BCUT2D eigenvalue weighted by atomic mass is 16.6. The Bertz CT molecular complexity index is 662. The van der Waals surface area contributed by atoms with Gasteiger partial charge in [0.05, 0.1) is 12.5 Å². The van der Waals surface area contributed by atoms with Crippen LogP contribution in [0.1, 0.15) is 32.1 Å². The molecule has 0 amide bonds. The Morgan fingerprint density at radius 1 is 1.55 bits per heavy atom. The number of rotatable bonds is 4. The van der Waals surface area contributed by atoms with Crippen molar-refractivity contribution in [1.82, 2.24) is 9.55 Å². The van der Waals surface area contributed by atoms with E-state index in [1.807, 2.05) is 0 Å². The molecule has 0 aliphatic carbocycles. The highest BCUT2D eigenvalue weighted by molar-refractivity contribution is 5.71. The molecule has 1 aromatic heterocycles. The maximum atomic E-state index is 11.9. The lowest BCUT2D eigenvalue weighted by Gasteiger charge is -2.17. The quantitative estimate of drug-likeness (QED) is 0.738. The van der Waals surface area contributed by atoms with Crippen LogP contribution >= 0.6 is 0 Å². The van der Waals surface area contributed by atoms with Crippen molar-refractivity contribution >= 4 is 5.97 Å². The molecule has 2 heterocycles. The van der Waals surface area contributed by atoms with Gasteiger partial charge in [0.15, 0.2) is 0 Å². The fraction of sp³-hybridized carbons (Fsp3) is 0.643. The van der Waals surface area contributed by atoms with E-state index >= 15 is 0 Å². The molecular formula is C14H20N2O6. The lowest BCUT2D eigenvalue weighted by atomic mass is 10.1. The molecule has 1 aliphatic heterocycles. The van der Waals surface area contributed by atoms with E-state index in [1.54, 1.807) is 20.8 Å². The Labute approximate surface area is 126 Å². The predicted molar refractivity (Wildman–Crippen MR) is 76.4 cm³/mol. The molecule has 122 valence electrons. The van der Waals surface area contributed by atoms with Crippen LogP contribution in [0.3, 0.4) is 0 Å². The van der Waals surface area contributed by atoms with Gasteiger partial charge in [0.1, 0.15) is 18.4 Å². The minimum absolute atomic E-state index is 0.231. The second kappa shape index (κ2) is 6.45. The van der Waals surface area contributed by atoms with Gasteiger partial charge in [-0.3, -0.25) is 19.1 Å². The van der Waals surface area contributed by atoms with Crippen molar-refractivity contribution < 1.29 is 19.4 Å². The van der Waals surface area contributed by atoms with Crippen molar-refractivity contribution in [2.75, 3.05) is 6.61 Å². The first-order valence-electron chi connectivity index (χ1n) is 7.12. The molecule has 0 aromatic carbocycles. The minimum Gasteiger partial charge on any atom is -0.459 e. The topological polar surface area (TPSA) is 111 Å². The number of ether oxygens (including phenoxy) is 2. The highest BCUT2D eigenvalue weighted by Gasteiger charge is 2.39. The van der Waals surface area contributed by atoms with Gasteiger partial charge in [0, 0.05) is 18.2 Å². The Morgan fingerprint density at radius 3 is 2.82 bits per heavy atom. The number of aromatic nitrogens is 2. The van der Waals surface area contributed by atoms with Crippen molar-refractivity contribution in [3.63, 3.8) is 0 Å². The average Bonchev–Trinajstić information content (AvgIpc) is 2.85. The van der Waals surface area contributed by atoms with Gasteiger partial charge in [-0.2, -0.15) is 0 Å². The van der Waals surface area contributed by atoms with Crippen LogP contribution in [0.25, 0.3) is 0 Å².